The number of hydrogen-bond acceptors (Lipinski definition) is 1. The number of hydrazone groups is 1. The van der Waals surface area contributed by atoms with E-state index in [1.54, 1.807) is 4.79 Å². The second-order valence-electron chi connectivity index (χ2n) is 2.93. The summed E-state index contributed by atoms with van der Waals surface area (Å²) in [6, 6.07) is 10.0. The number of hydrazine groups is 1. The molecule has 0 aromatic heterocycles. The van der Waals surface area contributed by atoms with Crippen LogP contribution in [0.4, 0.5) is 0 Å². The topological polar surface area (TPSA) is 20.4 Å². The van der Waals surface area contributed by atoms with Crippen molar-refractivity contribution >= 4 is 12.4 Å². The Morgan fingerprint density at radius 1 is 1.31 bits per heavy atom. The van der Waals surface area contributed by atoms with E-state index in [0.29, 0.717) is 0 Å². The van der Waals surface area contributed by atoms with Crippen LogP contribution in [-0.4, -0.2) is 23.6 Å². The van der Waals surface area contributed by atoms with Crippen LogP contribution in [-0.2, 0) is 0 Å². The first-order chi connectivity index (χ1) is 6.27. The molecule has 1 aromatic rings. The van der Waals surface area contributed by atoms with E-state index in [2.05, 4.69) is 12.1 Å². The van der Waals surface area contributed by atoms with Crippen LogP contribution in [0.25, 0.3) is 11.1 Å². The summed E-state index contributed by atoms with van der Waals surface area (Å²) in [6.45, 7) is 3.73. The monoisotopic (exact) mass is 173 g/mol. The van der Waals surface area contributed by atoms with Gasteiger partial charge in [-0.2, -0.15) is 5.43 Å². The van der Waals surface area contributed by atoms with Gasteiger partial charge in [-0.1, -0.05) is 30.3 Å². The molecule has 0 amide bonds. The normalized spacial score (nSPS) is 15.6. The first-order valence-corrected chi connectivity index (χ1v) is 4.09. The Balaban J connectivity index is 2.30. The Hall–Kier alpha value is -1.77. The summed E-state index contributed by atoms with van der Waals surface area (Å²) < 4.78 is 0. The van der Waals surface area contributed by atoms with Crippen LogP contribution in [0.15, 0.2) is 36.5 Å². The van der Waals surface area contributed by atoms with E-state index in [9.17, 15) is 0 Å². The second kappa shape index (κ2) is 2.94. The Bertz CT molecular complexity index is 354. The molecule has 1 aromatic carbocycles. The lowest BCUT2D eigenvalue weighted by atomic mass is 10.2. The molecule has 0 N–H and O–H groups in total. The number of nitrogens with zero attached hydrogens (tertiary/aromatic N) is 3. The molecule has 0 aliphatic carbocycles. The van der Waals surface area contributed by atoms with Crippen LogP contribution in [0.1, 0.15) is 5.56 Å². The zero-order valence-electron chi connectivity index (χ0n) is 7.51. The fourth-order valence-corrected chi connectivity index (χ4v) is 1.21. The van der Waals surface area contributed by atoms with E-state index in [1.807, 2.05) is 48.6 Å². The van der Waals surface area contributed by atoms with Gasteiger partial charge >= 0.3 is 0 Å². The molecule has 3 nitrogen and oxygen atoms in total. The van der Waals surface area contributed by atoms with Crippen molar-refractivity contribution in [2.45, 2.75) is 0 Å². The van der Waals surface area contributed by atoms with Crippen LogP contribution in [0.2, 0.25) is 0 Å². The van der Waals surface area contributed by atoms with Gasteiger partial charge in [0.2, 0.25) is 0 Å². The van der Waals surface area contributed by atoms with Gasteiger partial charge in [-0.25, -0.2) is 0 Å². The van der Waals surface area contributed by atoms with Gasteiger partial charge in [0.1, 0.15) is 0 Å². The van der Waals surface area contributed by atoms with Gasteiger partial charge in [0.05, 0.1) is 0 Å². The molecule has 1 aliphatic rings. The predicted octanol–water partition coefficient (Wildman–Crippen LogP) is 1.85. The molecule has 1 aliphatic heterocycles. The molecule has 1 heterocycles. The van der Waals surface area contributed by atoms with Gasteiger partial charge in [0, 0.05) is 5.70 Å². The summed E-state index contributed by atoms with van der Waals surface area (Å²) in [5, 5.41) is 1.84. The molecule has 0 bridgehead atoms. The Labute approximate surface area is 77.6 Å². The van der Waals surface area contributed by atoms with Gasteiger partial charge < -0.3 is 0 Å². The predicted molar refractivity (Wildman–Crippen MR) is 52.9 cm³/mol. The highest BCUT2D eigenvalue weighted by Crippen LogP contribution is 2.25. The molecule has 0 unspecified atom stereocenters. The molecule has 0 spiro atoms. The summed E-state index contributed by atoms with van der Waals surface area (Å²) in [5.74, 6) is 0. The third-order valence-corrected chi connectivity index (χ3v) is 1.97. The fraction of sp³-hybridized carbons (Fsp3) is 0.100. The van der Waals surface area contributed by atoms with E-state index < -0.39 is 0 Å². The lowest BCUT2D eigenvalue weighted by Gasteiger charge is -2.08. The quantitative estimate of drug-likeness (QED) is 0.593. The van der Waals surface area contributed by atoms with E-state index in [1.165, 1.54) is 0 Å². The molecule has 66 valence electrons. The largest absolute Gasteiger partial charge is 0.257 e. The highest BCUT2D eigenvalue weighted by atomic mass is 15.7. The van der Waals surface area contributed by atoms with Crippen LogP contribution in [0, 0.1) is 0 Å². The van der Waals surface area contributed by atoms with Gasteiger partial charge in [-0.05, 0) is 18.8 Å². The van der Waals surface area contributed by atoms with Gasteiger partial charge in [-0.3, -0.25) is 5.01 Å². The summed E-state index contributed by atoms with van der Waals surface area (Å²) in [6.07, 6.45) is 1.95. The van der Waals surface area contributed by atoms with E-state index in [-0.39, 0.29) is 0 Å². The van der Waals surface area contributed by atoms with Crippen molar-refractivity contribution in [3.8, 4) is 0 Å². The molecule has 3 heteroatoms. The molecule has 0 saturated heterocycles. The molecular weight excluding hydrogens is 162 g/mol. The zero-order chi connectivity index (χ0) is 9.26. The Morgan fingerprint density at radius 2 is 2.00 bits per heavy atom. The summed E-state index contributed by atoms with van der Waals surface area (Å²) in [5.41, 5.74) is 6.30. The molecular formula is C10H11N3. The average molecular weight is 173 g/mol. The first kappa shape index (κ1) is 7.86. The molecule has 13 heavy (non-hydrogen) atoms. The number of hydrogen-bond donors (Lipinski definition) is 0. The van der Waals surface area contributed by atoms with Gasteiger partial charge in [0.15, 0.2) is 6.72 Å². The minimum Gasteiger partial charge on any atom is -0.257 e. The van der Waals surface area contributed by atoms with Crippen molar-refractivity contribution in [2.75, 3.05) is 7.05 Å². The second-order valence-corrected chi connectivity index (χ2v) is 2.93. The Morgan fingerprint density at radius 3 is 2.54 bits per heavy atom. The minimum absolute atomic E-state index is 0.943. The highest BCUT2D eigenvalue weighted by Gasteiger charge is 2.10. The van der Waals surface area contributed by atoms with Crippen LogP contribution < -0.4 is 0 Å². The van der Waals surface area contributed by atoms with E-state index in [4.69, 9.17) is 0 Å². The third kappa shape index (κ3) is 1.40. The average Bonchev–Trinajstić information content (AvgIpc) is 2.49. The highest BCUT2D eigenvalue weighted by molar-refractivity contribution is 5.72. The molecule has 0 atom stereocenters. The van der Waals surface area contributed by atoms with E-state index >= 15 is 0 Å². The van der Waals surface area contributed by atoms with Gasteiger partial charge in [-0.15, -0.1) is 4.79 Å². The first-order valence-electron chi connectivity index (χ1n) is 4.09. The summed E-state index contributed by atoms with van der Waals surface area (Å²) in [4.78, 5) is 1.56. The number of rotatable bonds is 1. The molecule has 2 rings (SSSR count). The van der Waals surface area contributed by atoms with Crippen molar-refractivity contribution in [1.82, 2.24) is 5.01 Å². The molecule has 0 saturated carbocycles. The SMILES string of the molecule is C=[N+]1[N-]C(c2ccccc2)=CN1C. The maximum Gasteiger partial charge on any atom is 0.154 e. The van der Waals surface area contributed by atoms with Crippen molar-refractivity contribution in [3.05, 3.63) is 47.5 Å². The van der Waals surface area contributed by atoms with Crippen molar-refractivity contribution in [1.29, 1.82) is 0 Å². The lowest BCUT2D eigenvalue weighted by molar-refractivity contribution is -0.610. The van der Waals surface area contributed by atoms with Crippen LogP contribution in [0.3, 0.4) is 0 Å². The van der Waals surface area contributed by atoms with Gasteiger partial charge in [0.25, 0.3) is 0 Å². The standard InChI is InChI=1S/C10H11N3/c1-12-8-10(11-13(12)2)9-6-4-3-5-7-9/h3-8H,2H2,1H3. The third-order valence-electron chi connectivity index (χ3n) is 1.97. The summed E-state index contributed by atoms with van der Waals surface area (Å²) in [7, 11) is 1.91. The van der Waals surface area contributed by atoms with Crippen molar-refractivity contribution in [2.24, 2.45) is 0 Å². The van der Waals surface area contributed by atoms with Crippen molar-refractivity contribution in [3.63, 3.8) is 0 Å². The number of benzene rings is 1. The fourth-order valence-electron chi connectivity index (χ4n) is 1.21. The lowest BCUT2D eigenvalue weighted by Crippen LogP contribution is -2.15. The Kier molecular flexibility index (Phi) is 1.77. The maximum absolute atomic E-state index is 4.25. The van der Waals surface area contributed by atoms with Crippen molar-refractivity contribution < 1.29 is 4.79 Å². The molecule has 0 radical (unpaired) electrons. The smallest absolute Gasteiger partial charge is 0.154 e. The van der Waals surface area contributed by atoms with Crippen LogP contribution >= 0.6 is 0 Å². The summed E-state index contributed by atoms with van der Waals surface area (Å²) >= 11 is 0. The minimum atomic E-state index is 0.943. The maximum atomic E-state index is 4.25. The van der Waals surface area contributed by atoms with E-state index in [0.717, 1.165) is 11.3 Å². The van der Waals surface area contributed by atoms with Crippen LogP contribution in [0.5, 0.6) is 0 Å². The molecule has 0 fully saturated rings. The zero-order valence-corrected chi connectivity index (χ0v) is 7.51.